The number of hydrogen-bond donors (Lipinski definition) is 0. The molecule has 0 aromatic carbocycles. The molecule has 0 unspecified atom stereocenters. The van der Waals surface area contributed by atoms with Crippen LogP contribution in [0, 0.1) is 0 Å². The Labute approximate surface area is 43.7 Å². The summed E-state index contributed by atoms with van der Waals surface area (Å²) in [4.78, 5) is 0. The van der Waals surface area contributed by atoms with Gasteiger partial charge in [-0.3, -0.25) is 0 Å². The van der Waals surface area contributed by atoms with Crippen LogP contribution in [0.5, 0.6) is 0 Å². The van der Waals surface area contributed by atoms with Crippen LogP contribution in [0.2, 0.25) is 0 Å². The summed E-state index contributed by atoms with van der Waals surface area (Å²) in [7, 11) is 0. The topological polar surface area (TPSA) is 31.5 Å². The number of hydrogen-bond acceptors (Lipinski definition) is 0. The molecule has 0 heterocycles. The number of rotatable bonds is 0. The fourth-order valence-corrected chi connectivity index (χ4v) is 0. The summed E-state index contributed by atoms with van der Waals surface area (Å²) >= 11 is 0. The molecule has 1 nitrogen and oxygen atoms in total. The second-order valence-corrected chi connectivity index (χ2v) is 0. The van der Waals surface area contributed by atoms with Crippen molar-refractivity contribution in [3.8, 4) is 0 Å². The van der Waals surface area contributed by atoms with Crippen LogP contribution in [0.15, 0.2) is 0 Å². The van der Waals surface area contributed by atoms with E-state index >= 15 is 0 Å². The minimum atomic E-state index is 0. The molecule has 0 saturated carbocycles. The van der Waals surface area contributed by atoms with E-state index in [9.17, 15) is 0 Å². The van der Waals surface area contributed by atoms with Crippen molar-refractivity contribution in [3.05, 3.63) is 0 Å². The van der Waals surface area contributed by atoms with E-state index in [1.807, 2.05) is 13.8 Å². The summed E-state index contributed by atoms with van der Waals surface area (Å²) in [5.41, 5.74) is 0. The molecule has 0 spiro atoms. The Bertz CT molecular complexity index is 6.00. The van der Waals surface area contributed by atoms with Gasteiger partial charge in [-0.05, 0) is 0 Å². The molecule has 2 heteroatoms. The van der Waals surface area contributed by atoms with Crippen LogP contribution in [0.1, 0.15) is 13.8 Å². The molecule has 2 N–H and O–H groups in total. The van der Waals surface area contributed by atoms with Crippen molar-refractivity contribution in [2.75, 3.05) is 0 Å². The van der Waals surface area contributed by atoms with E-state index in [2.05, 4.69) is 0 Å². The van der Waals surface area contributed by atoms with Crippen LogP contribution in [0.3, 0.4) is 0 Å². The van der Waals surface area contributed by atoms with Gasteiger partial charge in [-0.15, -0.1) is 0 Å². The maximum atomic E-state index is 2.00. The summed E-state index contributed by atoms with van der Waals surface area (Å²) in [6.45, 7) is 4.00. The first-order chi connectivity index (χ1) is 1.00. The van der Waals surface area contributed by atoms with E-state index in [0.717, 1.165) is 0 Å². The molecule has 0 aliphatic heterocycles. The fraction of sp³-hybridized carbons (Fsp3) is 1.00. The third-order valence-electron chi connectivity index (χ3n) is 0. The van der Waals surface area contributed by atoms with Gasteiger partial charge in [0, 0.05) is 0 Å². The average Bonchev–Trinajstić information content (AvgIpc) is 1.00. The molecule has 0 amide bonds. The zero-order chi connectivity index (χ0) is 2.00. The van der Waals surface area contributed by atoms with E-state index < -0.39 is 0 Å². The summed E-state index contributed by atoms with van der Waals surface area (Å²) in [5, 5.41) is 0. The Kier molecular flexibility index (Phi) is 270. The van der Waals surface area contributed by atoms with Crippen molar-refractivity contribution in [2.24, 2.45) is 0 Å². The summed E-state index contributed by atoms with van der Waals surface area (Å²) in [6.07, 6.45) is 0. The Hall–Kier alpha value is 0.759. The van der Waals surface area contributed by atoms with Gasteiger partial charge >= 0.3 is 23.9 Å². The van der Waals surface area contributed by atoms with E-state index in [-0.39, 0.29) is 29.4 Å². The average molecular weight is 169 g/mol. The molecular formula is C2H10OSn. The SMILES string of the molecule is CC.O.[SnH2]. The van der Waals surface area contributed by atoms with Gasteiger partial charge in [-0.25, -0.2) is 0 Å². The van der Waals surface area contributed by atoms with E-state index in [1.54, 1.807) is 0 Å². The van der Waals surface area contributed by atoms with Gasteiger partial charge in [0.1, 0.15) is 0 Å². The minimum absolute atomic E-state index is 0. The standard InChI is InChI=1S/C2H6.H2O.Sn.2H/c1-2;;;;/h1-2H3;1H2;;;. The molecule has 0 atom stereocenters. The third-order valence-corrected chi connectivity index (χ3v) is 0. The van der Waals surface area contributed by atoms with Gasteiger partial charge in [0.25, 0.3) is 0 Å². The first-order valence-electron chi connectivity index (χ1n) is 1.00. The van der Waals surface area contributed by atoms with Crippen LogP contribution in [-0.4, -0.2) is 29.4 Å². The second-order valence-electron chi connectivity index (χ2n) is 0. The Morgan fingerprint density at radius 1 is 1.00 bits per heavy atom. The van der Waals surface area contributed by atoms with Crippen molar-refractivity contribution >= 4 is 23.9 Å². The monoisotopic (exact) mass is 170 g/mol. The molecule has 0 aliphatic rings. The van der Waals surface area contributed by atoms with Crippen molar-refractivity contribution in [3.63, 3.8) is 0 Å². The van der Waals surface area contributed by atoms with E-state index in [1.165, 1.54) is 0 Å². The van der Waals surface area contributed by atoms with E-state index in [4.69, 9.17) is 0 Å². The third kappa shape index (κ3) is 14.8. The molecule has 2 radical (unpaired) electrons. The van der Waals surface area contributed by atoms with Gasteiger partial charge in [0.05, 0.1) is 0 Å². The summed E-state index contributed by atoms with van der Waals surface area (Å²) in [6, 6.07) is 0. The maximum absolute atomic E-state index is 2.00. The Balaban J connectivity index is -0.00000000500. The van der Waals surface area contributed by atoms with Crippen LogP contribution < -0.4 is 0 Å². The Morgan fingerprint density at radius 3 is 1.00 bits per heavy atom. The molecular weight excluding hydrogens is 159 g/mol. The molecule has 4 heavy (non-hydrogen) atoms. The quantitative estimate of drug-likeness (QED) is 0.428. The molecule has 0 fully saturated rings. The predicted molar refractivity (Wildman–Crippen MR) is 23.5 cm³/mol. The van der Waals surface area contributed by atoms with Gasteiger partial charge in [-0.2, -0.15) is 0 Å². The van der Waals surface area contributed by atoms with Gasteiger partial charge < -0.3 is 5.48 Å². The second kappa shape index (κ2) is 49.7. The van der Waals surface area contributed by atoms with Crippen LogP contribution in [0.4, 0.5) is 0 Å². The van der Waals surface area contributed by atoms with E-state index in [0.29, 0.717) is 0 Å². The molecule has 0 aromatic heterocycles. The zero-order valence-electron chi connectivity index (χ0n) is 3.21. The molecule has 28 valence electrons. The summed E-state index contributed by atoms with van der Waals surface area (Å²) < 4.78 is 0. The first-order valence-corrected chi connectivity index (χ1v) is 1.00. The van der Waals surface area contributed by atoms with Crippen LogP contribution in [-0.2, 0) is 0 Å². The van der Waals surface area contributed by atoms with Crippen LogP contribution >= 0.6 is 0 Å². The van der Waals surface area contributed by atoms with Gasteiger partial charge in [0.15, 0.2) is 0 Å². The van der Waals surface area contributed by atoms with Crippen molar-refractivity contribution < 1.29 is 5.48 Å². The first kappa shape index (κ1) is 21.7. The summed E-state index contributed by atoms with van der Waals surface area (Å²) in [5.74, 6) is 0. The molecule has 0 bridgehead atoms. The normalized spacial score (nSPS) is 1.50. The fourth-order valence-electron chi connectivity index (χ4n) is 0. The Morgan fingerprint density at radius 2 is 1.00 bits per heavy atom. The van der Waals surface area contributed by atoms with Crippen molar-refractivity contribution in [1.82, 2.24) is 0 Å². The molecule has 0 aromatic rings. The molecule has 0 rings (SSSR count). The predicted octanol–water partition coefficient (Wildman–Crippen LogP) is -0.715. The zero-order valence-corrected chi connectivity index (χ0v) is 7.24. The molecule has 0 aliphatic carbocycles. The van der Waals surface area contributed by atoms with Gasteiger partial charge in [0.2, 0.25) is 0 Å². The molecule has 0 saturated heterocycles. The van der Waals surface area contributed by atoms with Crippen molar-refractivity contribution in [2.45, 2.75) is 13.8 Å². The van der Waals surface area contributed by atoms with Gasteiger partial charge in [-0.1, -0.05) is 13.8 Å². The van der Waals surface area contributed by atoms with Crippen molar-refractivity contribution in [1.29, 1.82) is 0 Å². The van der Waals surface area contributed by atoms with Crippen LogP contribution in [0.25, 0.3) is 0 Å².